The molecule has 0 spiro atoms. The quantitative estimate of drug-likeness (QED) is 0.543. The lowest BCUT2D eigenvalue weighted by Gasteiger charge is -2.15. The highest BCUT2D eigenvalue weighted by Gasteiger charge is 2.47. The summed E-state index contributed by atoms with van der Waals surface area (Å²) in [7, 11) is 0. The van der Waals surface area contributed by atoms with Crippen molar-refractivity contribution in [2.45, 2.75) is 25.9 Å². The Morgan fingerprint density at radius 1 is 1.06 bits per heavy atom. The molecule has 4 rings (SSSR count). The minimum absolute atomic E-state index is 0.294. The molecule has 1 saturated heterocycles. The molecule has 0 bridgehead atoms. The van der Waals surface area contributed by atoms with Crippen LogP contribution in [0, 0.1) is 6.92 Å². The summed E-state index contributed by atoms with van der Waals surface area (Å²) in [5.74, 6) is 0.173. The first-order chi connectivity index (χ1) is 15.9. The molecule has 2 N–H and O–H groups in total. The molecule has 1 fully saturated rings. The second-order valence-electron chi connectivity index (χ2n) is 7.83. The van der Waals surface area contributed by atoms with E-state index in [1.807, 2.05) is 68.6 Å². The van der Waals surface area contributed by atoms with Crippen LogP contribution in [0.15, 0.2) is 72.8 Å². The Morgan fingerprint density at radius 3 is 2.36 bits per heavy atom. The highest BCUT2D eigenvalue weighted by Crippen LogP contribution is 2.27. The molecule has 0 aromatic heterocycles. The van der Waals surface area contributed by atoms with E-state index in [4.69, 9.17) is 16.3 Å². The van der Waals surface area contributed by atoms with Gasteiger partial charge in [-0.3, -0.25) is 9.59 Å². The molecular weight excluding hydrogens is 438 g/mol. The van der Waals surface area contributed by atoms with Gasteiger partial charge in [-0.15, -0.1) is 10.1 Å². The number of hydrazine groups is 1. The Kier molecular flexibility index (Phi) is 6.75. The standard InChI is InChI=1S/C26H24ClN3O3/c1-3-33-22-14-6-18(7-15-22)16-30-24(19-10-12-21(27)13-11-19)23(26(32)29-30)28-25(31)20-8-4-17(2)5-9-20/h4-16,23-24H,3H2,1-2H3,(H-,28,29,31,32)/p+1/b30-16-/t23-,24-/m1/s1. The van der Waals surface area contributed by atoms with Gasteiger partial charge in [-0.25, -0.2) is 0 Å². The van der Waals surface area contributed by atoms with Gasteiger partial charge in [0.15, 0.2) is 6.04 Å². The van der Waals surface area contributed by atoms with E-state index in [2.05, 4.69) is 10.7 Å². The lowest BCUT2D eigenvalue weighted by atomic mass is 9.99. The highest BCUT2D eigenvalue weighted by atomic mass is 35.5. The number of aryl methyl sites for hydroxylation is 1. The van der Waals surface area contributed by atoms with Crippen LogP contribution in [0.3, 0.4) is 0 Å². The Bertz CT molecular complexity index is 1170. The molecule has 7 heteroatoms. The third-order valence-electron chi connectivity index (χ3n) is 5.43. The van der Waals surface area contributed by atoms with Crippen molar-refractivity contribution in [2.24, 2.45) is 0 Å². The molecule has 2 amide bonds. The normalized spacial score (nSPS) is 18.8. The van der Waals surface area contributed by atoms with E-state index in [0.29, 0.717) is 17.2 Å². The third kappa shape index (κ3) is 5.23. The lowest BCUT2D eigenvalue weighted by molar-refractivity contribution is -0.596. The Balaban J connectivity index is 1.66. The Hall–Kier alpha value is -3.64. The van der Waals surface area contributed by atoms with Crippen molar-refractivity contribution in [3.05, 3.63) is 100 Å². The van der Waals surface area contributed by atoms with Crippen molar-refractivity contribution >= 4 is 29.6 Å². The lowest BCUT2D eigenvalue weighted by Crippen LogP contribution is -2.42. The molecule has 0 aliphatic carbocycles. The first-order valence-corrected chi connectivity index (χ1v) is 11.1. The molecule has 0 saturated carbocycles. The zero-order chi connectivity index (χ0) is 23.4. The summed E-state index contributed by atoms with van der Waals surface area (Å²) in [4.78, 5) is 25.8. The number of hydrazone groups is 1. The molecule has 33 heavy (non-hydrogen) atoms. The van der Waals surface area contributed by atoms with E-state index in [9.17, 15) is 9.59 Å². The smallest absolute Gasteiger partial charge is 0.304 e. The predicted octanol–water partition coefficient (Wildman–Crippen LogP) is 4.06. The van der Waals surface area contributed by atoms with Gasteiger partial charge in [0, 0.05) is 21.7 Å². The van der Waals surface area contributed by atoms with E-state index in [1.165, 1.54) is 0 Å². The number of nitrogens with one attached hydrogen (secondary N) is 2. The van der Waals surface area contributed by atoms with E-state index in [1.54, 1.807) is 28.9 Å². The fourth-order valence-corrected chi connectivity index (χ4v) is 3.87. The zero-order valence-electron chi connectivity index (χ0n) is 18.4. The first kappa shape index (κ1) is 22.6. The molecular formula is C26H25ClN3O3+. The van der Waals surface area contributed by atoms with Crippen molar-refractivity contribution in [3.8, 4) is 5.75 Å². The fourth-order valence-electron chi connectivity index (χ4n) is 3.75. The van der Waals surface area contributed by atoms with Crippen LogP contribution in [-0.4, -0.2) is 35.4 Å². The van der Waals surface area contributed by atoms with Crippen LogP contribution in [0.25, 0.3) is 0 Å². The number of ether oxygens (including phenoxy) is 1. The topological polar surface area (TPSA) is 70.4 Å². The van der Waals surface area contributed by atoms with Crippen molar-refractivity contribution in [3.63, 3.8) is 0 Å². The summed E-state index contributed by atoms with van der Waals surface area (Å²) >= 11 is 6.08. The Labute approximate surface area is 197 Å². The number of carbonyl (C=O) groups excluding carboxylic acids is 2. The van der Waals surface area contributed by atoms with Gasteiger partial charge in [-0.1, -0.05) is 41.4 Å². The van der Waals surface area contributed by atoms with Gasteiger partial charge in [0.1, 0.15) is 5.75 Å². The molecule has 0 radical (unpaired) electrons. The highest BCUT2D eigenvalue weighted by molar-refractivity contribution is 6.30. The maximum absolute atomic E-state index is 13.0. The number of amides is 2. The van der Waals surface area contributed by atoms with Gasteiger partial charge in [0.05, 0.1) is 6.61 Å². The molecule has 6 nitrogen and oxygen atoms in total. The van der Waals surface area contributed by atoms with E-state index < -0.39 is 12.1 Å². The van der Waals surface area contributed by atoms with Gasteiger partial charge in [0.2, 0.25) is 12.3 Å². The molecule has 1 heterocycles. The number of carbonyl (C=O) groups is 2. The largest absolute Gasteiger partial charge is 0.494 e. The molecule has 168 valence electrons. The first-order valence-electron chi connectivity index (χ1n) is 10.7. The summed E-state index contributed by atoms with van der Waals surface area (Å²) < 4.78 is 7.23. The molecule has 2 atom stereocenters. The van der Waals surface area contributed by atoms with E-state index in [0.717, 1.165) is 22.4 Å². The number of hydrogen-bond donors (Lipinski definition) is 2. The molecule has 1 aliphatic rings. The van der Waals surface area contributed by atoms with E-state index in [-0.39, 0.29) is 11.8 Å². The van der Waals surface area contributed by atoms with E-state index >= 15 is 0 Å². The van der Waals surface area contributed by atoms with Crippen molar-refractivity contribution in [2.75, 3.05) is 6.61 Å². The van der Waals surface area contributed by atoms with Crippen LogP contribution in [0.2, 0.25) is 5.02 Å². The minimum Gasteiger partial charge on any atom is -0.494 e. The SMILES string of the molecule is CCOc1ccc(/C=[N+]2\NC(=O)[C@H](NC(=O)c3ccc(C)cc3)[C@H]2c2ccc(Cl)cc2)cc1. The van der Waals surface area contributed by atoms with Crippen LogP contribution in [0.5, 0.6) is 5.75 Å². The second-order valence-corrected chi connectivity index (χ2v) is 8.26. The third-order valence-corrected chi connectivity index (χ3v) is 5.68. The zero-order valence-corrected chi connectivity index (χ0v) is 19.2. The molecule has 3 aromatic carbocycles. The summed E-state index contributed by atoms with van der Waals surface area (Å²) in [5, 5.41) is 3.50. The number of benzene rings is 3. The second kappa shape index (κ2) is 9.88. The van der Waals surface area contributed by atoms with Crippen molar-refractivity contribution in [1.29, 1.82) is 0 Å². The maximum Gasteiger partial charge on any atom is 0.304 e. The van der Waals surface area contributed by atoms with Crippen LogP contribution >= 0.6 is 11.6 Å². The maximum atomic E-state index is 13.0. The van der Waals surface area contributed by atoms with Crippen LogP contribution < -0.4 is 15.5 Å². The average molecular weight is 463 g/mol. The number of hydrogen-bond acceptors (Lipinski definition) is 3. The summed E-state index contributed by atoms with van der Waals surface area (Å²) in [5.41, 5.74) is 6.15. The number of halogens is 1. The predicted molar refractivity (Wildman–Crippen MR) is 128 cm³/mol. The summed E-state index contributed by atoms with van der Waals surface area (Å²) in [6.45, 7) is 4.48. The minimum atomic E-state index is -0.793. The molecule has 3 aromatic rings. The average Bonchev–Trinajstić information content (AvgIpc) is 3.10. The summed E-state index contributed by atoms with van der Waals surface area (Å²) in [6.07, 6.45) is 1.84. The van der Waals surface area contributed by atoms with Gasteiger partial charge in [-0.05, 0) is 62.4 Å². The number of rotatable bonds is 6. The van der Waals surface area contributed by atoms with Gasteiger partial charge >= 0.3 is 5.91 Å². The van der Waals surface area contributed by atoms with Crippen LogP contribution in [0.1, 0.15) is 40.0 Å². The van der Waals surface area contributed by atoms with Gasteiger partial charge < -0.3 is 10.1 Å². The van der Waals surface area contributed by atoms with Crippen molar-refractivity contribution < 1.29 is 19.0 Å². The fraction of sp³-hybridized carbons (Fsp3) is 0.192. The summed E-state index contributed by atoms with van der Waals surface area (Å²) in [6, 6.07) is 20.8. The Morgan fingerprint density at radius 2 is 1.73 bits per heavy atom. The van der Waals surface area contributed by atoms with Crippen molar-refractivity contribution in [1.82, 2.24) is 10.7 Å². The van der Waals surface area contributed by atoms with Crippen LogP contribution in [0.4, 0.5) is 0 Å². The van der Waals surface area contributed by atoms with Gasteiger partial charge in [-0.2, -0.15) is 0 Å². The van der Waals surface area contributed by atoms with Gasteiger partial charge in [0.25, 0.3) is 5.91 Å². The monoisotopic (exact) mass is 462 g/mol. The molecule has 1 aliphatic heterocycles. The van der Waals surface area contributed by atoms with Crippen LogP contribution in [-0.2, 0) is 4.79 Å². The molecule has 0 unspecified atom stereocenters. The number of nitrogens with zero attached hydrogens (tertiary/aromatic N) is 1.